The number of hydrogen-bond acceptors (Lipinski definition) is 4. The molecule has 1 amide bonds. The second-order valence-electron chi connectivity index (χ2n) is 4.16. The second-order valence-corrected chi connectivity index (χ2v) is 5.00. The Hall–Kier alpha value is -1.72. The number of carbonyl (C=O) groups is 1. The van der Waals surface area contributed by atoms with E-state index < -0.39 is 6.10 Å². The van der Waals surface area contributed by atoms with Crippen molar-refractivity contribution in [2.24, 2.45) is 0 Å². The molecular weight excluding hydrogens is 303 g/mol. The summed E-state index contributed by atoms with van der Waals surface area (Å²) in [5.74, 6) is 0.282. The van der Waals surface area contributed by atoms with E-state index in [1.54, 1.807) is 38.1 Å². The number of halogens is 2. The predicted octanol–water partition coefficient (Wildman–Crippen LogP) is 3.70. The Morgan fingerprint density at radius 1 is 1.40 bits per heavy atom. The summed E-state index contributed by atoms with van der Waals surface area (Å²) in [6.07, 6.45) is -0.751. The molecule has 2 aromatic rings. The van der Waals surface area contributed by atoms with Gasteiger partial charge in [0.05, 0.1) is 10.7 Å². The zero-order chi connectivity index (χ0) is 14.7. The number of nitrogens with zero attached hydrogens (tertiary/aromatic N) is 1. The molecule has 2 rings (SSSR count). The van der Waals surface area contributed by atoms with Crippen LogP contribution in [-0.2, 0) is 4.79 Å². The van der Waals surface area contributed by atoms with Crippen LogP contribution in [0.4, 0.5) is 5.88 Å². The highest BCUT2D eigenvalue weighted by atomic mass is 35.5. The summed E-state index contributed by atoms with van der Waals surface area (Å²) in [7, 11) is 0. The molecular formula is C13H12Cl2N2O3. The van der Waals surface area contributed by atoms with Gasteiger partial charge in [0.1, 0.15) is 5.75 Å². The molecule has 1 aromatic heterocycles. The first-order valence-electron chi connectivity index (χ1n) is 5.81. The lowest BCUT2D eigenvalue weighted by Crippen LogP contribution is -2.30. The Bertz CT molecular complexity index is 628. The van der Waals surface area contributed by atoms with Gasteiger partial charge in [0.25, 0.3) is 5.91 Å². The van der Waals surface area contributed by atoms with E-state index in [0.717, 1.165) is 0 Å². The monoisotopic (exact) mass is 314 g/mol. The molecule has 0 aliphatic rings. The number of nitrogens with one attached hydrogen (secondary N) is 1. The zero-order valence-corrected chi connectivity index (χ0v) is 12.3. The third kappa shape index (κ3) is 3.65. The Kier molecular flexibility index (Phi) is 4.52. The van der Waals surface area contributed by atoms with Crippen molar-refractivity contribution in [3.05, 3.63) is 40.0 Å². The van der Waals surface area contributed by atoms with Crippen molar-refractivity contribution in [2.75, 3.05) is 5.32 Å². The van der Waals surface area contributed by atoms with E-state index in [-0.39, 0.29) is 11.8 Å². The third-order valence-electron chi connectivity index (χ3n) is 2.44. The van der Waals surface area contributed by atoms with E-state index in [2.05, 4.69) is 10.5 Å². The quantitative estimate of drug-likeness (QED) is 0.934. The number of amides is 1. The van der Waals surface area contributed by atoms with Crippen molar-refractivity contribution < 1.29 is 14.1 Å². The van der Waals surface area contributed by atoms with Gasteiger partial charge in [-0.05, 0) is 32.0 Å². The number of benzene rings is 1. The molecule has 0 aliphatic heterocycles. The first kappa shape index (κ1) is 14.7. The maximum absolute atomic E-state index is 11.9. The molecule has 1 N–H and O–H groups in total. The minimum Gasteiger partial charge on any atom is -0.479 e. The number of hydrogen-bond donors (Lipinski definition) is 1. The van der Waals surface area contributed by atoms with E-state index in [4.69, 9.17) is 32.5 Å². The molecule has 0 saturated carbocycles. The van der Waals surface area contributed by atoms with Crippen LogP contribution in [0, 0.1) is 6.92 Å². The summed E-state index contributed by atoms with van der Waals surface area (Å²) in [5.41, 5.74) is 0.676. The van der Waals surface area contributed by atoms with Gasteiger partial charge >= 0.3 is 0 Å². The zero-order valence-electron chi connectivity index (χ0n) is 10.8. The van der Waals surface area contributed by atoms with Crippen molar-refractivity contribution in [3.8, 4) is 5.75 Å². The van der Waals surface area contributed by atoms with Crippen molar-refractivity contribution in [3.63, 3.8) is 0 Å². The van der Waals surface area contributed by atoms with Crippen molar-refractivity contribution >= 4 is 35.0 Å². The lowest BCUT2D eigenvalue weighted by atomic mass is 10.3. The SMILES string of the molecule is Cc1cc(NC(=O)C(C)Oc2ccc(Cl)cc2Cl)on1. The first-order valence-corrected chi connectivity index (χ1v) is 6.57. The van der Waals surface area contributed by atoms with Crippen molar-refractivity contribution in [1.29, 1.82) is 0 Å². The molecule has 0 spiro atoms. The molecule has 0 aliphatic carbocycles. The van der Waals surface area contributed by atoms with Gasteiger partial charge in [-0.3, -0.25) is 10.1 Å². The number of anilines is 1. The van der Waals surface area contributed by atoms with Crippen LogP contribution in [0.25, 0.3) is 0 Å². The van der Waals surface area contributed by atoms with E-state index in [9.17, 15) is 4.79 Å². The fourth-order valence-corrected chi connectivity index (χ4v) is 1.91. The van der Waals surface area contributed by atoms with Crippen LogP contribution in [0.5, 0.6) is 5.75 Å². The lowest BCUT2D eigenvalue weighted by molar-refractivity contribution is -0.122. The maximum atomic E-state index is 11.9. The Balaban J connectivity index is 2.00. The summed E-state index contributed by atoms with van der Waals surface area (Å²) in [6.45, 7) is 3.36. The molecule has 0 saturated heterocycles. The highest BCUT2D eigenvalue weighted by Crippen LogP contribution is 2.28. The molecule has 20 heavy (non-hydrogen) atoms. The molecule has 5 nitrogen and oxygen atoms in total. The Labute approximate surface area is 125 Å². The van der Waals surface area contributed by atoms with Gasteiger partial charge < -0.3 is 9.26 Å². The fourth-order valence-electron chi connectivity index (χ4n) is 1.46. The average Bonchev–Trinajstić information content (AvgIpc) is 2.78. The van der Waals surface area contributed by atoms with Crippen molar-refractivity contribution in [1.82, 2.24) is 5.16 Å². The Morgan fingerprint density at radius 2 is 2.15 bits per heavy atom. The predicted molar refractivity (Wildman–Crippen MR) is 76.4 cm³/mol. The molecule has 0 bridgehead atoms. The highest BCUT2D eigenvalue weighted by Gasteiger charge is 2.18. The standard InChI is InChI=1S/C13H12Cl2N2O3/c1-7-5-12(20-17-7)16-13(18)8(2)19-11-4-3-9(14)6-10(11)15/h3-6,8H,1-2H3,(H,16,18). The minimum atomic E-state index is -0.751. The smallest absolute Gasteiger partial charge is 0.267 e. The van der Waals surface area contributed by atoms with Gasteiger partial charge in [0.2, 0.25) is 5.88 Å². The van der Waals surface area contributed by atoms with Crippen LogP contribution < -0.4 is 10.1 Å². The molecule has 1 atom stereocenters. The van der Waals surface area contributed by atoms with Gasteiger partial charge in [-0.1, -0.05) is 28.4 Å². The Morgan fingerprint density at radius 3 is 2.75 bits per heavy atom. The number of aryl methyl sites for hydroxylation is 1. The second kappa shape index (κ2) is 6.15. The van der Waals surface area contributed by atoms with E-state index >= 15 is 0 Å². The van der Waals surface area contributed by atoms with Crippen molar-refractivity contribution in [2.45, 2.75) is 20.0 Å². The number of aromatic nitrogens is 1. The van der Waals surface area contributed by atoms with E-state index in [0.29, 0.717) is 21.5 Å². The highest BCUT2D eigenvalue weighted by molar-refractivity contribution is 6.35. The normalized spacial score (nSPS) is 12.0. The van der Waals surface area contributed by atoms with Crippen LogP contribution in [0.1, 0.15) is 12.6 Å². The van der Waals surface area contributed by atoms with Gasteiger partial charge in [0.15, 0.2) is 6.10 Å². The third-order valence-corrected chi connectivity index (χ3v) is 2.97. The first-order chi connectivity index (χ1) is 9.45. The van der Waals surface area contributed by atoms with Gasteiger partial charge in [-0.15, -0.1) is 0 Å². The summed E-state index contributed by atoms with van der Waals surface area (Å²) in [6, 6.07) is 6.39. The number of carbonyl (C=O) groups excluding carboxylic acids is 1. The molecule has 0 radical (unpaired) electrons. The van der Waals surface area contributed by atoms with Gasteiger partial charge in [0, 0.05) is 11.1 Å². The molecule has 1 heterocycles. The number of rotatable bonds is 4. The van der Waals surface area contributed by atoms with Crippen LogP contribution in [-0.4, -0.2) is 17.2 Å². The summed E-state index contributed by atoms with van der Waals surface area (Å²) >= 11 is 11.8. The summed E-state index contributed by atoms with van der Waals surface area (Å²) in [4.78, 5) is 11.9. The molecule has 7 heteroatoms. The molecule has 0 fully saturated rings. The fraction of sp³-hybridized carbons (Fsp3) is 0.231. The van der Waals surface area contributed by atoms with E-state index in [1.807, 2.05) is 0 Å². The maximum Gasteiger partial charge on any atom is 0.267 e. The molecule has 1 aromatic carbocycles. The summed E-state index contributed by atoms with van der Waals surface area (Å²) < 4.78 is 10.4. The van der Waals surface area contributed by atoms with Gasteiger partial charge in [-0.2, -0.15) is 0 Å². The minimum absolute atomic E-state index is 0.269. The molecule has 1 unspecified atom stereocenters. The van der Waals surface area contributed by atoms with Crippen LogP contribution >= 0.6 is 23.2 Å². The van der Waals surface area contributed by atoms with Crippen LogP contribution in [0.3, 0.4) is 0 Å². The number of ether oxygens (including phenoxy) is 1. The average molecular weight is 315 g/mol. The summed E-state index contributed by atoms with van der Waals surface area (Å²) in [5, 5.41) is 7.06. The van der Waals surface area contributed by atoms with Crippen LogP contribution in [0.2, 0.25) is 10.0 Å². The van der Waals surface area contributed by atoms with E-state index in [1.165, 1.54) is 0 Å². The lowest BCUT2D eigenvalue weighted by Gasteiger charge is -2.14. The topological polar surface area (TPSA) is 64.4 Å². The van der Waals surface area contributed by atoms with Gasteiger partial charge in [-0.25, -0.2) is 0 Å². The molecule has 106 valence electrons. The van der Waals surface area contributed by atoms with Crippen LogP contribution in [0.15, 0.2) is 28.8 Å². The largest absolute Gasteiger partial charge is 0.479 e.